The fourth-order valence-corrected chi connectivity index (χ4v) is 3.70. The van der Waals surface area contributed by atoms with E-state index in [4.69, 9.17) is 4.74 Å². The minimum Gasteiger partial charge on any atom is -0.465 e. The fraction of sp³-hybridized carbons (Fsp3) is 0.316. The summed E-state index contributed by atoms with van der Waals surface area (Å²) in [5.74, 6) is -0.283. The van der Waals surface area contributed by atoms with Gasteiger partial charge in [-0.1, -0.05) is 24.3 Å². The smallest absolute Gasteiger partial charge is 0.337 e. The van der Waals surface area contributed by atoms with Crippen LogP contribution in [0.15, 0.2) is 42.5 Å². The van der Waals surface area contributed by atoms with Crippen LogP contribution in [-0.2, 0) is 4.74 Å². The largest absolute Gasteiger partial charge is 0.465 e. The maximum absolute atomic E-state index is 11.9. The second-order valence-corrected chi connectivity index (χ2v) is 6.09. The zero-order chi connectivity index (χ0) is 15.8. The van der Waals surface area contributed by atoms with Crippen LogP contribution in [0.2, 0.25) is 0 Å². The van der Waals surface area contributed by atoms with Gasteiger partial charge in [0.2, 0.25) is 0 Å². The van der Waals surface area contributed by atoms with Crippen molar-refractivity contribution in [1.29, 1.82) is 0 Å². The summed E-state index contributed by atoms with van der Waals surface area (Å²) in [6.45, 7) is 2.07. The number of esters is 1. The van der Waals surface area contributed by atoms with E-state index < -0.39 is 0 Å². The Morgan fingerprint density at radius 2 is 1.79 bits per heavy atom. The van der Waals surface area contributed by atoms with E-state index in [9.17, 15) is 4.79 Å². The summed E-state index contributed by atoms with van der Waals surface area (Å²) in [5, 5.41) is 5.87. The molecule has 0 unspecified atom stereocenters. The number of ether oxygens (including phenoxy) is 1. The number of nitrogens with one attached hydrogen (secondary N) is 1. The highest BCUT2D eigenvalue weighted by molar-refractivity contribution is 6.09. The lowest BCUT2D eigenvalue weighted by Crippen LogP contribution is -2.29. The van der Waals surface area contributed by atoms with Crippen molar-refractivity contribution in [2.75, 3.05) is 20.2 Å². The van der Waals surface area contributed by atoms with Crippen molar-refractivity contribution in [3.05, 3.63) is 48.0 Å². The molecule has 1 aromatic heterocycles. The van der Waals surface area contributed by atoms with Crippen LogP contribution in [0.5, 0.6) is 0 Å². The molecular weight excluding hydrogens is 324 g/mol. The van der Waals surface area contributed by atoms with Gasteiger partial charge in [0.1, 0.15) is 0 Å². The number of rotatable bonds is 2. The van der Waals surface area contributed by atoms with Gasteiger partial charge < -0.3 is 14.6 Å². The molecule has 4 nitrogen and oxygen atoms in total. The number of halogens is 1. The summed E-state index contributed by atoms with van der Waals surface area (Å²) >= 11 is 0. The average molecular weight is 345 g/mol. The maximum atomic E-state index is 11.9. The number of piperidine rings is 1. The number of fused-ring (bicyclic) bond motifs is 3. The number of hydrogen-bond acceptors (Lipinski definition) is 3. The van der Waals surface area contributed by atoms with Crippen LogP contribution in [0.3, 0.4) is 0 Å². The van der Waals surface area contributed by atoms with Gasteiger partial charge in [0.15, 0.2) is 0 Å². The van der Waals surface area contributed by atoms with E-state index in [1.165, 1.54) is 23.4 Å². The normalized spacial score (nSPS) is 15.4. The second-order valence-electron chi connectivity index (χ2n) is 6.09. The van der Waals surface area contributed by atoms with Gasteiger partial charge >= 0.3 is 5.97 Å². The fourth-order valence-electron chi connectivity index (χ4n) is 3.70. The summed E-state index contributed by atoms with van der Waals surface area (Å²) in [7, 11) is 1.43. The summed E-state index contributed by atoms with van der Waals surface area (Å²) in [6.07, 6.45) is 2.21. The molecule has 0 radical (unpaired) electrons. The van der Waals surface area contributed by atoms with Gasteiger partial charge in [-0.05, 0) is 44.1 Å². The summed E-state index contributed by atoms with van der Waals surface area (Å²) in [4.78, 5) is 11.9. The first-order valence-electron chi connectivity index (χ1n) is 8.11. The third kappa shape index (κ3) is 2.66. The van der Waals surface area contributed by atoms with Crippen molar-refractivity contribution in [2.45, 2.75) is 18.9 Å². The second kappa shape index (κ2) is 6.83. The third-order valence-corrected chi connectivity index (χ3v) is 4.81. The molecule has 0 bridgehead atoms. The third-order valence-electron chi connectivity index (χ3n) is 4.81. The van der Waals surface area contributed by atoms with Crippen LogP contribution in [0.4, 0.5) is 0 Å². The molecule has 1 aliphatic heterocycles. The lowest BCUT2D eigenvalue weighted by atomic mass is 10.1. The zero-order valence-corrected chi connectivity index (χ0v) is 14.4. The van der Waals surface area contributed by atoms with Gasteiger partial charge in [-0.25, -0.2) is 4.79 Å². The van der Waals surface area contributed by atoms with E-state index in [-0.39, 0.29) is 18.4 Å². The topological polar surface area (TPSA) is 43.3 Å². The number of methoxy groups -OCH3 is 1. The minimum atomic E-state index is -0.283. The Hall–Kier alpha value is -2.04. The molecule has 1 N–H and O–H groups in total. The van der Waals surface area contributed by atoms with Crippen molar-refractivity contribution in [2.24, 2.45) is 0 Å². The zero-order valence-electron chi connectivity index (χ0n) is 13.6. The summed E-state index contributed by atoms with van der Waals surface area (Å²) in [6, 6.07) is 14.8. The predicted molar refractivity (Wildman–Crippen MR) is 99.2 cm³/mol. The van der Waals surface area contributed by atoms with Gasteiger partial charge in [0.25, 0.3) is 0 Å². The Morgan fingerprint density at radius 1 is 1.08 bits per heavy atom. The van der Waals surface area contributed by atoms with Crippen molar-refractivity contribution < 1.29 is 9.53 Å². The van der Waals surface area contributed by atoms with Gasteiger partial charge in [-0.3, -0.25) is 0 Å². The lowest BCUT2D eigenvalue weighted by Gasteiger charge is -2.26. The monoisotopic (exact) mass is 344 g/mol. The van der Waals surface area contributed by atoms with E-state index >= 15 is 0 Å². The predicted octanol–water partition coefficient (Wildman–Crippen LogP) is 3.93. The molecule has 0 atom stereocenters. The molecule has 1 aliphatic rings. The summed E-state index contributed by atoms with van der Waals surface area (Å²) < 4.78 is 7.30. The van der Waals surface area contributed by atoms with E-state index in [0.29, 0.717) is 11.6 Å². The Morgan fingerprint density at radius 3 is 2.54 bits per heavy atom. The van der Waals surface area contributed by atoms with E-state index in [0.717, 1.165) is 31.4 Å². The standard InChI is InChI=1S/C19H20N2O2.ClH/c1-23-19(22)13-6-7-16-15-4-2-3-5-17(15)21(18(16)12-13)14-8-10-20-11-9-14;/h2-7,12,14,20H,8-11H2,1H3;1H. The van der Waals surface area contributed by atoms with Crippen molar-refractivity contribution in [3.63, 3.8) is 0 Å². The molecule has 126 valence electrons. The molecule has 1 saturated heterocycles. The lowest BCUT2D eigenvalue weighted by molar-refractivity contribution is 0.0601. The van der Waals surface area contributed by atoms with Gasteiger partial charge in [-0.2, -0.15) is 0 Å². The molecule has 5 heteroatoms. The number of carbonyl (C=O) groups is 1. The van der Waals surface area contributed by atoms with Crippen LogP contribution in [0, 0.1) is 0 Å². The Labute approximate surface area is 147 Å². The van der Waals surface area contributed by atoms with Crippen molar-refractivity contribution >= 4 is 40.2 Å². The van der Waals surface area contributed by atoms with Crippen LogP contribution in [0.25, 0.3) is 21.8 Å². The highest BCUT2D eigenvalue weighted by Crippen LogP contribution is 2.35. The Kier molecular flexibility index (Phi) is 4.78. The first-order valence-corrected chi connectivity index (χ1v) is 8.11. The quantitative estimate of drug-likeness (QED) is 0.716. The van der Waals surface area contributed by atoms with Gasteiger partial charge in [0, 0.05) is 22.3 Å². The Balaban J connectivity index is 0.00000169. The molecule has 4 rings (SSSR count). The first-order chi connectivity index (χ1) is 11.3. The molecule has 24 heavy (non-hydrogen) atoms. The maximum Gasteiger partial charge on any atom is 0.337 e. The van der Waals surface area contributed by atoms with Crippen LogP contribution >= 0.6 is 12.4 Å². The molecule has 0 amide bonds. The van der Waals surface area contributed by atoms with Gasteiger partial charge in [0.05, 0.1) is 18.2 Å². The highest BCUT2D eigenvalue weighted by Gasteiger charge is 2.21. The van der Waals surface area contributed by atoms with E-state index in [1.807, 2.05) is 18.2 Å². The molecular formula is C19H21ClN2O2. The van der Waals surface area contributed by atoms with Crippen LogP contribution < -0.4 is 5.32 Å². The molecule has 2 heterocycles. The molecule has 0 saturated carbocycles. The molecule has 1 fully saturated rings. The number of carbonyl (C=O) groups excluding carboxylic acids is 1. The number of benzene rings is 2. The SMILES string of the molecule is COC(=O)c1ccc2c3ccccc3n(C3CCNCC3)c2c1.Cl. The average Bonchev–Trinajstić information content (AvgIpc) is 2.95. The number of para-hydroxylation sites is 1. The molecule has 2 aromatic carbocycles. The van der Waals surface area contributed by atoms with E-state index in [2.05, 4.69) is 34.1 Å². The van der Waals surface area contributed by atoms with E-state index in [1.54, 1.807) is 0 Å². The number of nitrogens with zero attached hydrogens (tertiary/aromatic N) is 1. The summed E-state index contributed by atoms with van der Waals surface area (Å²) in [5.41, 5.74) is 2.98. The van der Waals surface area contributed by atoms with Gasteiger partial charge in [-0.15, -0.1) is 12.4 Å². The number of aromatic nitrogens is 1. The Bertz CT molecular complexity index is 882. The molecule has 0 spiro atoms. The van der Waals surface area contributed by atoms with Crippen LogP contribution in [-0.4, -0.2) is 30.7 Å². The number of hydrogen-bond donors (Lipinski definition) is 1. The molecule has 3 aromatic rings. The first kappa shape index (κ1) is 16.8. The highest BCUT2D eigenvalue weighted by atomic mass is 35.5. The minimum absolute atomic E-state index is 0. The van der Waals surface area contributed by atoms with Crippen molar-refractivity contribution in [3.8, 4) is 0 Å². The molecule has 0 aliphatic carbocycles. The van der Waals surface area contributed by atoms with Crippen LogP contribution in [0.1, 0.15) is 29.2 Å². The van der Waals surface area contributed by atoms with Crippen molar-refractivity contribution in [1.82, 2.24) is 9.88 Å².